The number of ether oxygens (including phenoxy) is 2. The van der Waals surface area contributed by atoms with Crippen molar-refractivity contribution in [3.05, 3.63) is 51.5 Å². The molecule has 29 heavy (non-hydrogen) atoms. The molecule has 0 bridgehead atoms. The summed E-state index contributed by atoms with van der Waals surface area (Å²) in [5.74, 6) is -0.708. The molecule has 1 saturated heterocycles. The first-order chi connectivity index (χ1) is 14.0. The molecule has 0 radical (unpaired) electrons. The van der Waals surface area contributed by atoms with Gasteiger partial charge in [-0.1, -0.05) is 29.8 Å². The normalized spacial score (nSPS) is 14.3. The molecule has 0 saturated carbocycles. The van der Waals surface area contributed by atoms with Gasteiger partial charge < -0.3 is 14.4 Å². The number of rotatable bonds is 5. The predicted octanol–water partition coefficient (Wildman–Crippen LogP) is 3.12. The summed E-state index contributed by atoms with van der Waals surface area (Å²) in [6, 6.07) is 9.37. The number of hydrogen-bond acceptors (Lipinski definition) is 6. The van der Waals surface area contributed by atoms with Crippen LogP contribution in [0.5, 0.6) is 0 Å². The standard InChI is InChI=1S/C20H20ClN3O4S/c1-13-15-10-17(20(26)28-12-18(25)23-6-8-27-9-7-23)29-19(15)24(22-13)11-14-4-2-3-5-16(14)21/h2-5,10H,6-9,11-12H2,1H3. The quantitative estimate of drug-likeness (QED) is 0.578. The average Bonchev–Trinajstić information content (AvgIpc) is 3.30. The van der Waals surface area contributed by atoms with Gasteiger partial charge in [0, 0.05) is 23.5 Å². The molecule has 4 rings (SSSR count). The first kappa shape index (κ1) is 19.9. The van der Waals surface area contributed by atoms with Gasteiger partial charge in [0.05, 0.1) is 25.5 Å². The van der Waals surface area contributed by atoms with E-state index < -0.39 is 5.97 Å². The molecule has 7 nitrogen and oxygen atoms in total. The summed E-state index contributed by atoms with van der Waals surface area (Å²) < 4.78 is 12.3. The minimum Gasteiger partial charge on any atom is -0.451 e. The van der Waals surface area contributed by atoms with Gasteiger partial charge in [-0.2, -0.15) is 5.10 Å². The van der Waals surface area contributed by atoms with Crippen LogP contribution in [0, 0.1) is 6.92 Å². The lowest BCUT2D eigenvalue weighted by atomic mass is 10.2. The number of carbonyl (C=O) groups is 2. The SMILES string of the molecule is Cc1nn(Cc2ccccc2Cl)c2sc(C(=O)OCC(=O)N3CCOCC3)cc12. The molecule has 1 amide bonds. The van der Waals surface area contributed by atoms with Crippen molar-refractivity contribution in [2.75, 3.05) is 32.9 Å². The molecule has 152 valence electrons. The first-order valence-corrected chi connectivity index (χ1v) is 10.5. The molecule has 0 atom stereocenters. The highest BCUT2D eigenvalue weighted by atomic mass is 35.5. The van der Waals surface area contributed by atoms with Crippen molar-refractivity contribution in [3.63, 3.8) is 0 Å². The minimum atomic E-state index is -0.503. The van der Waals surface area contributed by atoms with E-state index in [1.807, 2.05) is 35.9 Å². The van der Waals surface area contributed by atoms with Crippen LogP contribution in [0.15, 0.2) is 30.3 Å². The van der Waals surface area contributed by atoms with E-state index in [9.17, 15) is 9.59 Å². The molecule has 1 fully saturated rings. The number of hydrogen-bond donors (Lipinski definition) is 0. The average molecular weight is 434 g/mol. The summed E-state index contributed by atoms with van der Waals surface area (Å²) in [7, 11) is 0. The zero-order valence-corrected chi connectivity index (χ0v) is 17.5. The lowest BCUT2D eigenvalue weighted by Gasteiger charge is -2.26. The number of halogens is 1. The summed E-state index contributed by atoms with van der Waals surface area (Å²) in [5, 5.41) is 6.14. The minimum absolute atomic E-state index is 0.205. The Labute approximate surface area is 176 Å². The molecule has 9 heteroatoms. The number of carbonyl (C=O) groups excluding carboxylic acids is 2. The van der Waals surface area contributed by atoms with E-state index in [1.54, 1.807) is 11.0 Å². The van der Waals surface area contributed by atoms with Crippen LogP contribution in [0.1, 0.15) is 20.9 Å². The maximum absolute atomic E-state index is 12.5. The summed E-state index contributed by atoms with van der Waals surface area (Å²) in [4.78, 5) is 27.6. The fourth-order valence-electron chi connectivity index (χ4n) is 3.21. The second kappa shape index (κ2) is 8.52. The third-order valence-electron chi connectivity index (χ3n) is 4.78. The van der Waals surface area contributed by atoms with Gasteiger partial charge in [0.25, 0.3) is 5.91 Å². The Bertz CT molecular complexity index is 1060. The fourth-order valence-corrected chi connectivity index (χ4v) is 4.46. The summed E-state index contributed by atoms with van der Waals surface area (Å²) in [5.41, 5.74) is 1.78. The number of nitrogens with zero attached hydrogens (tertiary/aromatic N) is 3. The number of amides is 1. The summed E-state index contributed by atoms with van der Waals surface area (Å²) >= 11 is 7.57. The number of fused-ring (bicyclic) bond motifs is 1. The smallest absolute Gasteiger partial charge is 0.348 e. The largest absolute Gasteiger partial charge is 0.451 e. The van der Waals surface area contributed by atoms with Gasteiger partial charge in [0.15, 0.2) is 6.61 Å². The molecule has 0 N–H and O–H groups in total. The van der Waals surface area contributed by atoms with Gasteiger partial charge >= 0.3 is 5.97 Å². The topological polar surface area (TPSA) is 73.7 Å². The van der Waals surface area contributed by atoms with Crippen molar-refractivity contribution in [1.82, 2.24) is 14.7 Å². The molecular formula is C20H20ClN3O4S. The summed E-state index contributed by atoms with van der Waals surface area (Å²) in [6.07, 6.45) is 0. The number of morpholine rings is 1. The van der Waals surface area contributed by atoms with Crippen LogP contribution in [0.3, 0.4) is 0 Å². The third-order valence-corrected chi connectivity index (χ3v) is 6.27. The first-order valence-electron chi connectivity index (χ1n) is 9.26. The Morgan fingerprint density at radius 1 is 1.28 bits per heavy atom. The van der Waals surface area contributed by atoms with Gasteiger partial charge in [-0.05, 0) is 24.6 Å². The Kier molecular flexibility index (Phi) is 5.84. The van der Waals surface area contributed by atoms with E-state index in [0.29, 0.717) is 42.7 Å². The monoisotopic (exact) mass is 433 g/mol. The highest BCUT2D eigenvalue weighted by Gasteiger charge is 2.21. The van der Waals surface area contributed by atoms with Crippen LogP contribution in [0.25, 0.3) is 10.2 Å². The number of aryl methyl sites for hydroxylation is 1. The van der Waals surface area contributed by atoms with Crippen molar-refractivity contribution >= 4 is 45.0 Å². The highest BCUT2D eigenvalue weighted by Crippen LogP contribution is 2.30. The van der Waals surface area contributed by atoms with Crippen LogP contribution in [0.2, 0.25) is 5.02 Å². The van der Waals surface area contributed by atoms with Crippen molar-refractivity contribution in [2.45, 2.75) is 13.5 Å². The zero-order chi connectivity index (χ0) is 20.4. The maximum Gasteiger partial charge on any atom is 0.348 e. The fraction of sp³-hybridized carbons (Fsp3) is 0.350. The van der Waals surface area contributed by atoms with Crippen molar-refractivity contribution in [3.8, 4) is 0 Å². The highest BCUT2D eigenvalue weighted by molar-refractivity contribution is 7.20. The van der Waals surface area contributed by atoms with Crippen molar-refractivity contribution in [1.29, 1.82) is 0 Å². The van der Waals surface area contributed by atoms with Crippen LogP contribution in [0.4, 0.5) is 0 Å². The second-order valence-electron chi connectivity index (χ2n) is 6.73. The van der Waals surface area contributed by atoms with E-state index >= 15 is 0 Å². The number of benzene rings is 1. The summed E-state index contributed by atoms with van der Waals surface area (Å²) in [6.45, 7) is 4.21. The molecule has 1 aliphatic heterocycles. The van der Waals surface area contributed by atoms with E-state index in [4.69, 9.17) is 21.1 Å². The lowest BCUT2D eigenvalue weighted by Crippen LogP contribution is -2.42. The molecule has 0 spiro atoms. The Morgan fingerprint density at radius 2 is 2.03 bits per heavy atom. The van der Waals surface area contributed by atoms with E-state index in [0.717, 1.165) is 21.5 Å². The van der Waals surface area contributed by atoms with Crippen LogP contribution >= 0.6 is 22.9 Å². The van der Waals surface area contributed by atoms with Crippen LogP contribution < -0.4 is 0 Å². The van der Waals surface area contributed by atoms with Gasteiger partial charge in [0.2, 0.25) is 0 Å². The molecule has 3 heterocycles. The van der Waals surface area contributed by atoms with Crippen molar-refractivity contribution in [2.24, 2.45) is 0 Å². The Hall–Kier alpha value is -2.42. The molecule has 1 aromatic carbocycles. The van der Waals surface area contributed by atoms with E-state index in [2.05, 4.69) is 5.10 Å². The van der Waals surface area contributed by atoms with Gasteiger partial charge in [-0.25, -0.2) is 4.79 Å². The van der Waals surface area contributed by atoms with Gasteiger partial charge in [-0.3, -0.25) is 9.48 Å². The molecule has 3 aromatic rings. The van der Waals surface area contributed by atoms with Gasteiger partial charge in [0.1, 0.15) is 9.71 Å². The van der Waals surface area contributed by atoms with E-state index in [-0.39, 0.29) is 12.5 Å². The second-order valence-corrected chi connectivity index (χ2v) is 8.17. The number of aromatic nitrogens is 2. The molecule has 2 aromatic heterocycles. The van der Waals surface area contributed by atoms with Crippen molar-refractivity contribution < 1.29 is 19.1 Å². The third kappa shape index (κ3) is 4.29. The number of esters is 1. The van der Waals surface area contributed by atoms with E-state index in [1.165, 1.54) is 11.3 Å². The lowest BCUT2D eigenvalue weighted by molar-refractivity contribution is -0.138. The predicted molar refractivity (Wildman–Crippen MR) is 111 cm³/mol. The van der Waals surface area contributed by atoms with Crippen LogP contribution in [-0.2, 0) is 20.8 Å². The zero-order valence-electron chi connectivity index (χ0n) is 15.9. The maximum atomic E-state index is 12.5. The Morgan fingerprint density at radius 3 is 2.79 bits per heavy atom. The Balaban J connectivity index is 1.47. The molecule has 0 unspecified atom stereocenters. The molecule has 1 aliphatic rings. The molecular weight excluding hydrogens is 414 g/mol. The number of thiophene rings is 1. The molecule has 0 aliphatic carbocycles. The van der Waals surface area contributed by atoms with Gasteiger partial charge in [-0.15, -0.1) is 11.3 Å². The van der Waals surface area contributed by atoms with Crippen LogP contribution in [-0.4, -0.2) is 59.5 Å².